The molecular formula is C11H22N2O2. The summed E-state index contributed by atoms with van der Waals surface area (Å²) in [4.78, 5) is 11.4. The Balaban J connectivity index is 2.31. The van der Waals surface area contributed by atoms with Crippen LogP contribution in [0.1, 0.15) is 39.0 Å². The number of aliphatic hydroxyl groups is 1. The van der Waals surface area contributed by atoms with Gasteiger partial charge in [0.05, 0.1) is 6.61 Å². The molecule has 1 aliphatic rings. The highest BCUT2D eigenvalue weighted by molar-refractivity contribution is 5.76. The van der Waals surface area contributed by atoms with Gasteiger partial charge in [-0.2, -0.15) is 0 Å². The number of carbonyl (C=O) groups excluding carboxylic acids is 1. The molecule has 0 aromatic heterocycles. The van der Waals surface area contributed by atoms with Gasteiger partial charge in [-0.25, -0.2) is 0 Å². The monoisotopic (exact) mass is 214 g/mol. The topological polar surface area (TPSA) is 75.4 Å². The highest BCUT2D eigenvalue weighted by atomic mass is 16.3. The predicted molar refractivity (Wildman–Crippen MR) is 59.3 cm³/mol. The first-order chi connectivity index (χ1) is 7.08. The Kier molecular flexibility index (Phi) is 4.54. The first kappa shape index (κ1) is 12.5. The molecular weight excluding hydrogens is 192 g/mol. The minimum absolute atomic E-state index is 0.00951. The van der Waals surface area contributed by atoms with Crippen LogP contribution in [-0.2, 0) is 4.79 Å². The van der Waals surface area contributed by atoms with Gasteiger partial charge < -0.3 is 16.2 Å². The summed E-state index contributed by atoms with van der Waals surface area (Å²) in [5, 5.41) is 12.2. The molecule has 1 atom stereocenters. The van der Waals surface area contributed by atoms with E-state index in [1.807, 2.05) is 6.92 Å². The Labute approximate surface area is 91.2 Å². The number of nitrogens with one attached hydrogen (secondary N) is 1. The summed E-state index contributed by atoms with van der Waals surface area (Å²) in [6.45, 7) is 2.58. The molecule has 4 heteroatoms. The third kappa shape index (κ3) is 3.80. The lowest BCUT2D eigenvalue weighted by Gasteiger charge is -2.26. The molecule has 0 aromatic carbocycles. The molecule has 0 saturated heterocycles. The Morgan fingerprint density at radius 3 is 2.60 bits per heavy atom. The van der Waals surface area contributed by atoms with Crippen molar-refractivity contribution in [1.82, 2.24) is 5.32 Å². The van der Waals surface area contributed by atoms with E-state index in [-0.39, 0.29) is 24.0 Å². The lowest BCUT2D eigenvalue weighted by molar-refractivity contribution is -0.122. The minimum atomic E-state index is -0.0985. The SMILES string of the molecule is CC(N)CC(=O)NCC1(CO)CCCC1. The summed E-state index contributed by atoms with van der Waals surface area (Å²) < 4.78 is 0. The van der Waals surface area contributed by atoms with Gasteiger partial charge in [-0.15, -0.1) is 0 Å². The molecule has 4 nitrogen and oxygen atoms in total. The molecule has 88 valence electrons. The Hall–Kier alpha value is -0.610. The minimum Gasteiger partial charge on any atom is -0.396 e. The normalized spacial score (nSPS) is 21.3. The van der Waals surface area contributed by atoms with Gasteiger partial charge in [0.1, 0.15) is 0 Å². The van der Waals surface area contributed by atoms with Crippen molar-refractivity contribution in [2.45, 2.75) is 45.1 Å². The molecule has 0 spiro atoms. The summed E-state index contributed by atoms with van der Waals surface area (Å²) in [7, 11) is 0. The zero-order chi connectivity index (χ0) is 11.3. The first-order valence-corrected chi connectivity index (χ1v) is 5.71. The van der Waals surface area contributed by atoms with Crippen LogP contribution < -0.4 is 11.1 Å². The quantitative estimate of drug-likeness (QED) is 0.620. The number of aliphatic hydroxyl groups excluding tert-OH is 1. The fourth-order valence-corrected chi connectivity index (χ4v) is 2.17. The van der Waals surface area contributed by atoms with Gasteiger partial charge in [0.15, 0.2) is 0 Å². The van der Waals surface area contributed by atoms with Gasteiger partial charge >= 0.3 is 0 Å². The molecule has 4 N–H and O–H groups in total. The standard InChI is InChI=1S/C11H22N2O2/c1-9(12)6-10(15)13-7-11(8-14)4-2-3-5-11/h9,14H,2-8,12H2,1H3,(H,13,15). The molecule has 1 aliphatic carbocycles. The summed E-state index contributed by atoms with van der Waals surface area (Å²) >= 11 is 0. The Morgan fingerprint density at radius 2 is 2.13 bits per heavy atom. The predicted octanol–water partition coefficient (Wildman–Crippen LogP) is 0.393. The van der Waals surface area contributed by atoms with E-state index >= 15 is 0 Å². The number of rotatable bonds is 5. The van der Waals surface area contributed by atoms with Gasteiger partial charge in [0, 0.05) is 24.4 Å². The molecule has 0 heterocycles. The molecule has 0 aliphatic heterocycles. The molecule has 0 bridgehead atoms. The fraction of sp³-hybridized carbons (Fsp3) is 0.909. The van der Waals surface area contributed by atoms with Crippen molar-refractivity contribution in [3.8, 4) is 0 Å². The van der Waals surface area contributed by atoms with Crippen LogP contribution in [0, 0.1) is 5.41 Å². The lowest BCUT2D eigenvalue weighted by Crippen LogP contribution is -2.39. The van der Waals surface area contributed by atoms with Crippen LogP contribution in [0.5, 0.6) is 0 Å². The average Bonchev–Trinajstić information content (AvgIpc) is 2.63. The Bertz CT molecular complexity index is 211. The van der Waals surface area contributed by atoms with Crippen molar-refractivity contribution in [3.63, 3.8) is 0 Å². The zero-order valence-electron chi connectivity index (χ0n) is 9.46. The highest BCUT2D eigenvalue weighted by Gasteiger charge is 2.33. The molecule has 1 amide bonds. The third-order valence-electron chi connectivity index (χ3n) is 3.17. The van der Waals surface area contributed by atoms with Crippen LogP contribution in [0.4, 0.5) is 0 Å². The smallest absolute Gasteiger partial charge is 0.221 e. The maximum Gasteiger partial charge on any atom is 0.221 e. The van der Waals surface area contributed by atoms with Crippen LogP contribution in [0.25, 0.3) is 0 Å². The van der Waals surface area contributed by atoms with Crippen molar-refractivity contribution in [2.75, 3.05) is 13.2 Å². The van der Waals surface area contributed by atoms with E-state index in [0.717, 1.165) is 25.7 Å². The summed E-state index contributed by atoms with van der Waals surface area (Å²) in [6, 6.07) is -0.0985. The van der Waals surface area contributed by atoms with E-state index in [0.29, 0.717) is 13.0 Å². The number of hydrogen-bond acceptors (Lipinski definition) is 3. The lowest BCUT2D eigenvalue weighted by atomic mass is 9.87. The van der Waals surface area contributed by atoms with E-state index in [1.165, 1.54) is 0 Å². The van der Waals surface area contributed by atoms with E-state index < -0.39 is 0 Å². The fourth-order valence-electron chi connectivity index (χ4n) is 2.17. The van der Waals surface area contributed by atoms with E-state index in [1.54, 1.807) is 0 Å². The number of hydrogen-bond donors (Lipinski definition) is 3. The molecule has 1 rings (SSSR count). The number of amides is 1. The highest BCUT2D eigenvalue weighted by Crippen LogP contribution is 2.36. The summed E-state index contributed by atoms with van der Waals surface area (Å²) in [6.07, 6.45) is 4.71. The summed E-state index contributed by atoms with van der Waals surface area (Å²) in [5.74, 6) is -0.00951. The van der Waals surface area contributed by atoms with Crippen LogP contribution in [-0.4, -0.2) is 30.2 Å². The van der Waals surface area contributed by atoms with Gasteiger partial charge in [0.2, 0.25) is 5.91 Å². The molecule has 0 radical (unpaired) electrons. The van der Waals surface area contributed by atoms with Gasteiger partial charge in [-0.1, -0.05) is 12.8 Å². The maximum atomic E-state index is 11.4. The summed E-state index contributed by atoms with van der Waals surface area (Å²) in [5.41, 5.74) is 5.47. The van der Waals surface area contributed by atoms with E-state index in [4.69, 9.17) is 5.73 Å². The molecule has 1 fully saturated rings. The van der Waals surface area contributed by atoms with Gasteiger partial charge in [0.25, 0.3) is 0 Å². The number of nitrogens with two attached hydrogens (primary N) is 1. The number of carbonyl (C=O) groups is 1. The molecule has 1 unspecified atom stereocenters. The maximum absolute atomic E-state index is 11.4. The van der Waals surface area contributed by atoms with Gasteiger partial charge in [-0.3, -0.25) is 4.79 Å². The zero-order valence-corrected chi connectivity index (χ0v) is 9.46. The first-order valence-electron chi connectivity index (χ1n) is 5.71. The average molecular weight is 214 g/mol. The molecule has 1 saturated carbocycles. The second kappa shape index (κ2) is 5.47. The van der Waals surface area contributed by atoms with Crippen molar-refractivity contribution >= 4 is 5.91 Å². The van der Waals surface area contributed by atoms with Crippen molar-refractivity contribution < 1.29 is 9.90 Å². The van der Waals surface area contributed by atoms with Crippen LogP contribution in [0.3, 0.4) is 0 Å². The van der Waals surface area contributed by atoms with Crippen molar-refractivity contribution in [3.05, 3.63) is 0 Å². The molecule has 0 aromatic rings. The molecule has 15 heavy (non-hydrogen) atoms. The van der Waals surface area contributed by atoms with Crippen molar-refractivity contribution in [2.24, 2.45) is 11.1 Å². The third-order valence-corrected chi connectivity index (χ3v) is 3.17. The van der Waals surface area contributed by atoms with Crippen molar-refractivity contribution in [1.29, 1.82) is 0 Å². The second-order valence-electron chi connectivity index (χ2n) is 4.82. The second-order valence-corrected chi connectivity index (χ2v) is 4.82. The van der Waals surface area contributed by atoms with E-state index in [2.05, 4.69) is 5.32 Å². The van der Waals surface area contributed by atoms with Crippen LogP contribution in [0.2, 0.25) is 0 Å². The largest absolute Gasteiger partial charge is 0.396 e. The van der Waals surface area contributed by atoms with Gasteiger partial charge in [-0.05, 0) is 19.8 Å². The Morgan fingerprint density at radius 1 is 1.53 bits per heavy atom. The van der Waals surface area contributed by atoms with Crippen LogP contribution >= 0.6 is 0 Å². The van der Waals surface area contributed by atoms with Crippen LogP contribution in [0.15, 0.2) is 0 Å². The van der Waals surface area contributed by atoms with E-state index in [9.17, 15) is 9.90 Å².